The van der Waals surface area contributed by atoms with Crippen LogP contribution in [0.2, 0.25) is 10.0 Å². The third kappa shape index (κ3) is 6.00. The van der Waals surface area contributed by atoms with Gasteiger partial charge in [0.15, 0.2) is 0 Å². The number of halogens is 3. The lowest BCUT2D eigenvalue weighted by Gasteiger charge is -2.46. The van der Waals surface area contributed by atoms with Gasteiger partial charge in [0.1, 0.15) is 18.2 Å². The van der Waals surface area contributed by atoms with Crippen molar-refractivity contribution in [1.29, 1.82) is 5.26 Å². The minimum absolute atomic E-state index is 0.172. The number of hydrogen-bond acceptors (Lipinski definition) is 3. The molecule has 7 heteroatoms. The highest BCUT2D eigenvalue weighted by molar-refractivity contribution is 14.1. The van der Waals surface area contributed by atoms with Crippen LogP contribution in [0, 0.1) is 14.9 Å². The molecule has 1 aliphatic rings. The minimum atomic E-state index is -0.716. The van der Waals surface area contributed by atoms with E-state index in [1.54, 1.807) is 17.0 Å². The summed E-state index contributed by atoms with van der Waals surface area (Å²) in [6.07, 6.45) is 0.590. The van der Waals surface area contributed by atoms with Crippen LogP contribution in [0.1, 0.15) is 48.6 Å². The summed E-state index contributed by atoms with van der Waals surface area (Å²) in [7, 11) is 0. The second-order valence-corrected chi connectivity index (χ2v) is 10.7. The lowest BCUT2D eigenvalue weighted by Crippen LogP contribution is -2.55. The van der Waals surface area contributed by atoms with Crippen LogP contribution in [0.5, 0.6) is 0 Å². The molecule has 3 aromatic carbocycles. The van der Waals surface area contributed by atoms with Crippen molar-refractivity contribution < 1.29 is 9.53 Å². The molecule has 35 heavy (non-hydrogen) atoms. The molecule has 0 unspecified atom stereocenters. The highest BCUT2D eigenvalue weighted by Crippen LogP contribution is 2.44. The van der Waals surface area contributed by atoms with Crippen LogP contribution in [0.3, 0.4) is 0 Å². The SMILES string of the molecule is CCC[C@@H](C#N)N1C(=O)[C@@H](Cc2ccc(I)cc2)O[C@H](c2ccc(Cl)cc2)[C@@H]1c1ccc(Cl)cc1. The number of morpholine rings is 1. The molecular weight excluding hydrogens is 594 g/mol. The summed E-state index contributed by atoms with van der Waals surface area (Å²) >= 11 is 14.6. The molecule has 3 aromatic rings. The van der Waals surface area contributed by atoms with Gasteiger partial charge in [-0.1, -0.05) is 72.9 Å². The fraction of sp³-hybridized carbons (Fsp3) is 0.286. The number of rotatable bonds is 7. The van der Waals surface area contributed by atoms with Crippen LogP contribution in [-0.4, -0.2) is 23.0 Å². The molecule has 1 saturated heterocycles. The minimum Gasteiger partial charge on any atom is -0.358 e. The fourth-order valence-electron chi connectivity index (χ4n) is 4.52. The standard InChI is InChI=1S/C28H25Cl2IN2O2/c1-2-3-24(17-32)33-26(19-6-10-21(29)11-7-19)27(20-8-12-22(30)13-9-20)35-25(28(33)34)16-18-4-14-23(31)15-5-18/h4-15,24-27H,2-3,16H2,1H3/t24-,25+,26-,27+/m0/s1. The van der Waals surface area contributed by atoms with Gasteiger partial charge in [-0.2, -0.15) is 5.26 Å². The number of ether oxygens (including phenoxy) is 1. The largest absolute Gasteiger partial charge is 0.358 e. The first-order valence-corrected chi connectivity index (χ1v) is 13.4. The highest BCUT2D eigenvalue weighted by Gasteiger charge is 2.46. The van der Waals surface area contributed by atoms with E-state index in [9.17, 15) is 10.1 Å². The number of benzene rings is 3. The van der Waals surface area contributed by atoms with E-state index in [1.165, 1.54) is 0 Å². The van der Waals surface area contributed by atoms with Crippen molar-refractivity contribution in [3.63, 3.8) is 0 Å². The molecule has 0 radical (unpaired) electrons. The first-order valence-electron chi connectivity index (χ1n) is 11.5. The molecule has 0 bridgehead atoms. The Morgan fingerprint density at radius 1 is 0.971 bits per heavy atom. The van der Waals surface area contributed by atoms with E-state index in [0.29, 0.717) is 22.9 Å². The third-order valence-corrected chi connectivity index (χ3v) is 7.44. The summed E-state index contributed by atoms with van der Waals surface area (Å²) < 4.78 is 7.70. The number of nitrogens with zero attached hydrogens (tertiary/aromatic N) is 2. The van der Waals surface area contributed by atoms with Gasteiger partial charge in [-0.25, -0.2) is 0 Å². The molecule has 1 amide bonds. The molecule has 1 aliphatic heterocycles. The maximum atomic E-state index is 14.0. The highest BCUT2D eigenvalue weighted by atomic mass is 127. The van der Waals surface area contributed by atoms with Gasteiger partial charge in [-0.05, 0) is 82.1 Å². The Hall–Kier alpha value is -2.11. The van der Waals surface area contributed by atoms with E-state index < -0.39 is 24.3 Å². The van der Waals surface area contributed by atoms with Crippen molar-refractivity contribution in [2.24, 2.45) is 0 Å². The van der Waals surface area contributed by atoms with E-state index in [1.807, 2.05) is 67.6 Å². The Morgan fingerprint density at radius 3 is 2.09 bits per heavy atom. The Morgan fingerprint density at radius 2 is 1.54 bits per heavy atom. The first-order chi connectivity index (χ1) is 16.9. The quantitative estimate of drug-likeness (QED) is 0.257. The predicted octanol–water partition coefficient (Wildman–Crippen LogP) is 7.54. The molecule has 4 nitrogen and oxygen atoms in total. The molecule has 4 rings (SSSR count). The van der Waals surface area contributed by atoms with E-state index >= 15 is 0 Å². The number of nitriles is 1. The predicted molar refractivity (Wildman–Crippen MR) is 147 cm³/mol. The zero-order valence-electron chi connectivity index (χ0n) is 19.2. The van der Waals surface area contributed by atoms with Gasteiger partial charge in [-0.3, -0.25) is 4.79 Å². The Balaban J connectivity index is 1.82. The van der Waals surface area contributed by atoms with Gasteiger partial charge in [-0.15, -0.1) is 0 Å². The lowest BCUT2D eigenvalue weighted by atomic mass is 9.89. The monoisotopic (exact) mass is 618 g/mol. The van der Waals surface area contributed by atoms with Gasteiger partial charge in [0.25, 0.3) is 5.91 Å². The number of carbonyl (C=O) groups is 1. The van der Waals surface area contributed by atoms with Gasteiger partial charge >= 0.3 is 0 Å². The molecule has 0 aliphatic carbocycles. The van der Waals surface area contributed by atoms with E-state index in [4.69, 9.17) is 27.9 Å². The van der Waals surface area contributed by atoms with Crippen LogP contribution in [0.25, 0.3) is 0 Å². The van der Waals surface area contributed by atoms with Gasteiger partial charge in [0.05, 0.1) is 12.1 Å². The number of amides is 1. The normalized spacial score (nSPS) is 20.9. The van der Waals surface area contributed by atoms with Crippen LogP contribution < -0.4 is 0 Å². The van der Waals surface area contributed by atoms with Crippen LogP contribution in [0.15, 0.2) is 72.8 Å². The van der Waals surface area contributed by atoms with E-state index in [2.05, 4.69) is 28.7 Å². The number of carbonyl (C=O) groups excluding carboxylic acids is 1. The average molecular weight is 619 g/mol. The topological polar surface area (TPSA) is 53.3 Å². The number of hydrogen-bond donors (Lipinski definition) is 0. The molecule has 0 spiro atoms. The van der Waals surface area contributed by atoms with Gasteiger partial charge in [0.2, 0.25) is 0 Å². The Kier molecular flexibility index (Phi) is 8.72. The zero-order valence-corrected chi connectivity index (χ0v) is 22.9. The third-order valence-electron chi connectivity index (χ3n) is 6.22. The summed E-state index contributed by atoms with van der Waals surface area (Å²) in [6, 6.07) is 24.3. The van der Waals surface area contributed by atoms with Crippen molar-refractivity contribution in [3.05, 3.63) is 103 Å². The summed E-state index contributed by atoms with van der Waals surface area (Å²) in [5.74, 6) is -0.172. The maximum Gasteiger partial charge on any atom is 0.253 e. The second-order valence-electron chi connectivity index (χ2n) is 8.60. The molecule has 0 saturated carbocycles. The Labute approximate surface area is 229 Å². The van der Waals surface area contributed by atoms with Crippen molar-refractivity contribution >= 4 is 51.7 Å². The smallest absolute Gasteiger partial charge is 0.253 e. The van der Waals surface area contributed by atoms with E-state index in [-0.39, 0.29) is 5.91 Å². The Bertz CT molecular complexity index is 1190. The van der Waals surface area contributed by atoms with Crippen molar-refractivity contribution in [3.8, 4) is 6.07 Å². The van der Waals surface area contributed by atoms with Crippen LogP contribution >= 0.6 is 45.8 Å². The van der Waals surface area contributed by atoms with Gasteiger partial charge in [0, 0.05) is 20.0 Å². The maximum absolute atomic E-state index is 14.0. The lowest BCUT2D eigenvalue weighted by molar-refractivity contribution is -0.177. The summed E-state index contributed by atoms with van der Waals surface area (Å²) in [5.41, 5.74) is 2.77. The van der Waals surface area contributed by atoms with Crippen LogP contribution in [-0.2, 0) is 16.0 Å². The molecule has 0 N–H and O–H groups in total. The average Bonchev–Trinajstić information content (AvgIpc) is 2.86. The van der Waals surface area contributed by atoms with Crippen molar-refractivity contribution in [1.82, 2.24) is 4.90 Å². The first kappa shape index (κ1) is 26.0. The molecule has 1 fully saturated rings. The molecule has 0 aromatic heterocycles. The summed E-state index contributed by atoms with van der Waals surface area (Å²) in [5, 5.41) is 11.3. The van der Waals surface area contributed by atoms with E-state index in [0.717, 1.165) is 26.7 Å². The molecule has 4 atom stereocenters. The van der Waals surface area contributed by atoms with Crippen molar-refractivity contribution in [2.75, 3.05) is 0 Å². The fourth-order valence-corrected chi connectivity index (χ4v) is 5.14. The zero-order chi connectivity index (χ0) is 24.9. The second kappa shape index (κ2) is 11.7. The summed E-state index contributed by atoms with van der Waals surface area (Å²) in [4.78, 5) is 15.7. The summed E-state index contributed by atoms with van der Waals surface area (Å²) in [6.45, 7) is 2.02. The molecule has 1 heterocycles. The van der Waals surface area contributed by atoms with Crippen LogP contribution in [0.4, 0.5) is 0 Å². The van der Waals surface area contributed by atoms with Crippen molar-refractivity contribution in [2.45, 2.75) is 50.5 Å². The molecule has 180 valence electrons. The molecular formula is C28H25Cl2IN2O2. The van der Waals surface area contributed by atoms with Gasteiger partial charge < -0.3 is 9.64 Å².